The highest BCUT2D eigenvalue weighted by atomic mass is 35.5. The molecule has 2 N–H and O–H groups in total. The average molecular weight is 329 g/mol. The van der Waals surface area contributed by atoms with Crippen molar-refractivity contribution in [1.29, 1.82) is 0 Å². The fraction of sp³-hybridized carbons (Fsp3) is 0.562. The first-order chi connectivity index (χ1) is 9.65. The van der Waals surface area contributed by atoms with Crippen LogP contribution in [0.2, 0.25) is 0 Å². The Morgan fingerprint density at radius 3 is 2.57 bits per heavy atom. The molecule has 1 saturated carbocycles. The van der Waals surface area contributed by atoms with Crippen LogP contribution in [0.15, 0.2) is 24.3 Å². The first kappa shape index (κ1) is 18.3. The molecule has 0 aromatic heterocycles. The van der Waals surface area contributed by atoms with E-state index in [0.29, 0.717) is 12.6 Å². The van der Waals surface area contributed by atoms with Gasteiger partial charge in [-0.05, 0) is 42.7 Å². The van der Waals surface area contributed by atoms with Crippen molar-refractivity contribution in [2.75, 3.05) is 12.8 Å². The highest BCUT2D eigenvalue weighted by Gasteiger charge is 2.30. The van der Waals surface area contributed by atoms with Crippen molar-refractivity contribution >= 4 is 30.1 Å². The summed E-state index contributed by atoms with van der Waals surface area (Å²) in [6, 6.07) is 8.03. The van der Waals surface area contributed by atoms with Crippen molar-refractivity contribution in [3.05, 3.63) is 35.4 Å². The van der Waals surface area contributed by atoms with Gasteiger partial charge in [-0.3, -0.25) is 4.79 Å². The van der Waals surface area contributed by atoms with Gasteiger partial charge in [0.15, 0.2) is 0 Å². The predicted molar refractivity (Wildman–Crippen MR) is 93.2 cm³/mol. The molecule has 2 unspecified atom stereocenters. The molecule has 0 aliphatic heterocycles. The number of nitrogens with two attached hydrogens (primary N) is 1. The second kappa shape index (κ2) is 8.66. The van der Waals surface area contributed by atoms with E-state index in [9.17, 15) is 4.79 Å². The highest BCUT2D eigenvalue weighted by Crippen LogP contribution is 2.32. The van der Waals surface area contributed by atoms with Crippen LogP contribution >= 0.6 is 24.2 Å². The number of amides is 1. The molecular formula is C16H25ClN2OS. The number of hydrogen-bond donors (Lipinski definition) is 1. The van der Waals surface area contributed by atoms with Crippen LogP contribution in [0.5, 0.6) is 0 Å². The minimum absolute atomic E-state index is 0. The van der Waals surface area contributed by atoms with Crippen LogP contribution in [0.3, 0.4) is 0 Å². The summed E-state index contributed by atoms with van der Waals surface area (Å²) in [6.07, 6.45) is 3.48. The van der Waals surface area contributed by atoms with Gasteiger partial charge >= 0.3 is 0 Å². The van der Waals surface area contributed by atoms with Crippen molar-refractivity contribution in [1.82, 2.24) is 4.90 Å². The van der Waals surface area contributed by atoms with E-state index in [-0.39, 0.29) is 18.3 Å². The number of halogens is 1. The molecule has 0 bridgehead atoms. The molecule has 1 amide bonds. The minimum atomic E-state index is 0. The lowest BCUT2D eigenvalue weighted by molar-refractivity contribution is 0.0735. The number of carbonyl (C=O) groups excluding carboxylic acids is 1. The Hall–Kier alpha value is -0.710. The third-order valence-electron chi connectivity index (χ3n) is 4.06. The van der Waals surface area contributed by atoms with Gasteiger partial charge in [-0.2, -0.15) is 11.8 Å². The van der Waals surface area contributed by atoms with Gasteiger partial charge in [0.25, 0.3) is 5.91 Å². The first-order valence-corrected chi connectivity index (χ1v) is 8.38. The van der Waals surface area contributed by atoms with Crippen molar-refractivity contribution in [2.24, 2.45) is 5.73 Å². The Labute approximate surface area is 138 Å². The van der Waals surface area contributed by atoms with E-state index in [4.69, 9.17) is 5.73 Å². The Morgan fingerprint density at radius 2 is 2.00 bits per heavy atom. The van der Waals surface area contributed by atoms with E-state index >= 15 is 0 Å². The van der Waals surface area contributed by atoms with Gasteiger partial charge in [-0.15, -0.1) is 12.4 Å². The quantitative estimate of drug-likeness (QED) is 0.902. The van der Waals surface area contributed by atoms with E-state index in [1.165, 1.54) is 6.42 Å². The van der Waals surface area contributed by atoms with Crippen LogP contribution in [0.1, 0.15) is 42.1 Å². The molecule has 0 spiro atoms. The van der Waals surface area contributed by atoms with Crippen molar-refractivity contribution in [3.63, 3.8) is 0 Å². The number of thioether (sulfide) groups is 1. The highest BCUT2D eigenvalue weighted by molar-refractivity contribution is 7.99. The molecule has 0 saturated heterocycles. The maximum Gasteiger partial charge on any atom is 0.253 e. The molecule has 0 heterocycles. The fourth-order valence-electron chi connectivity index (χ4n) is 2.81. The minimum Gasteiger partial charge on any atom is -0.339 e. The zero-order valence-electron chi connectivity index (χ0n) is 12.7. The maximum absolute atomic E-state index is 12.5. The van der Waals surface area contributed by atoms with Gasteiger partial charge < -0.3 is 10.6 Å². The lowest BCUT2D eigenvalue weighted by atomic mass is 10.1. The molecule has 2 atom stereocenters. The molecule has 1 aliphatic carbocycles. The molecule has 1 fully saturated rings. The van der Waals surface area contributed by atoms with Crippen LogP contribution in [-0.4, -0.2) is 34.9 Å². The summed E-state index contributed by atoms with van der Waals surface area (Å²) in [6.45, 7) is 2.72. The number of carbonyl (C=O) groups is 1. The Kier molecular flexibility index (Phi) is 7.57. The molecule has 3 nitrogen and oxygen atoms in total. The van der Waals surface area contributed by atoms with Crippen LogP contribution in [0.4, 0.5) is 0 Å². The van der Waals surface area contributed by atoms with Crippen molar-refractivity contribution in [3.8, 4) is 0 Å². The molecule has 118 valence electrons. The molecule has 2 rings (SSSR count). The number of hydrogen-bond acceptors (Lipinski definition) is 3. The van der Waals surface area contributed by atoms with Gasteiger partial charge in [0.1, 0.15) is 0 Å². The summed E-state index contributed by atoms with van der Waals surface area (Å²) in [5, 5.41) is 0.722. The summed E-state index contributed by atoms with van der Waals surface area (Å²) >= 11 is 2.02. The number of rotatable bonds is 5. The predicted octanol–water partition coefficient (Wildman–Crippen LogP) is 3.31. The molecule has 1 aliphatic rings. The van der Waals surface area contributed by atoms with Crippen molar-refractivity contribution < 1.29 is 4.79 Å². The Balaban J connectivity index is 0.00000220. The molecule has 1 aromatic rings. The van der Waals surface area contributed by atoms with Crippen LogP contribution in [0, 0.1) is 0 Å². The largest absolute Gasteiger partial charge is 0.339 e. The zero-order valence-corrected chi connectivity index (χ0v) is 14.4. The maximum atomic E-state index is 12.5. The van der Waals surface area contributed by atoms with E-state index < -0.39 is 0 Å². The Bertz CT molecular complexity index is 452. The van der Waals surface area contributed by atoms with E-state index in [2.05, 4.69) is 6.92 Å². The number of nitrogens with zero attached hydrogens (tertiary/aromatic N) is 1. The smallest absolute Gasteiger partial charge is 0.253 e. The van der Waals surface area contributed by atoms with Gasteiger partial charge in [0.05, 0.1) is 0 Å². The van der Waals surface area contributed by atoms with Gasteiger partial charge in [-0.25, -0.2) is 0 Å². The topological polar surface area (TPSA) is 46.3 Å². The zero-order chi connectivity index (χ0) is 14.5. The van der Waals surface area contributed by atoms with Crippen LogP contribution in [0.25, 0.3) is 0 Å². The standard InChI is InChI=1S/C16H24N2OS.ClH/c1-3-20-15-9-8-14(10-15)18(2)16(19)13-6-4-12(11-17)5-7-13;/h4-7,14-15H,3,8-11,17H2,1-2H3;1H. The van der Waals surface area contributed by atoms with Gasteiger partial charge in [0.2, 0.25) is 0 Å². The third kappa shape index (κ3) is 4.63. The van der Waals surface area contributed by atoms with E-state index in [1.807, 2.05) is 48.0 Å². The lowest BCUT2D eigenvalue weighted by Crippen LogP contribution is -2.35. The van der Waals surface area contributed by atoms with E-state index in [1.54, 1.807) is 0 Å². The monoisotopic (exact) mass is 328 g/mol. The third-order valence-corrected chi connectivity index (χ3v) is 5.30. The second-order valence-corrected chi connectivity index (χ2v) is 6.94. The summed E-state index contributed by atoms with van der Waals surface area (Å²) in [4.78, 5) is 14.4. The van der Waals surface area contributed by atoms with Gasteiger partial charge in [0, 0.05) is 30.4 Å². The average Bonchev–Trinajstić information content (AvgIpc) is 2.95. The summed E-state index contributed by atoms with van der Waals surface area (Å²) in [5.74, 6) is 1.29. The first-order valence-electron chi connectivity index (χ1n) is 7.33. The lowest BCUT2D eigenvalue weighted by Gasteiger charge is -2.25. The van der Waals surface area contributed by atoms with Crippen LogP contribution < -0.4 is 5.73 Å². The normalized spacial score (nSPS) is 20.9. The Morgan fingerprint density at radius 1 is 1.33 bits per heavy atom. The molecule has 1 aromatic carbocycles. The molecule has 0 radical (unpaired) electrons. The summed E-state index contributed by atoms with van der Waals surface area (Å²) < 4.78 is 0. The van der Waals surface area contributed by atoms with Crippen LogP contribution in [-0.2, 0) is 6.54 Å². The van der Waals surface area contributed by atoms with Crippen molar-refractivity contribution in [2.45, 2.75) is 44.0 Å². The summed E-state index contributed by atoms with van der Waals surface area (Å²) in [5.41, 5.74) is 7.40. The fourth-order valence-corrected chi connectivity index (χ4v) is 3.94. The molecule has 5 heteroatoms. The van der Waals surface area contributed by atoms with E-state index in [0.717, 1.165) is 35.0 Å². The van der Waals surface area contributed by atoms with Gasteiger partial charge in [-0.1, -0.05) is 19.1 Å². The molecule has 21 heavy (non-hydrogen) atoms. The second-order valence-electron chi connectivity index (χ2n) is 5.36. The molecular weight excluding hydrogens is 304 g/mol. The number of benzene rings is 1. The summed E-state index contributed by atoms with van der Waals surface area (Å²) in [7, 11) is 1.93. The SMILES string of the molecule is CCSC1CCC(N(C)C(=O)c2ccc(CN)cc2)C1.Cl.